The maximum atomic E-state index is 15.4. The summed E-state index contributed by atoms with van der Waals surface area (Å²) < 4.78 is 21.3. The van der Waals surface area contributed by atoms with Crippen LogP contribution in [0.3, 0.4) is 0 Å². The van der Waals surface area contributed by atoms with Crippen molar-refractivity contribution in [1.29, 1.82) is 0 Å². The second kappa shape index (κ2) is 13.1. The van der Waals surface area contributed by atoms with Gasteiger partial charge in [0.1, 0.15) is 5.75 Å². The molecule has 3 aromatic carbocycles. The number of likely N-dealkylation sites (tertiary alicyclic amines) is 1. The van der Waals surface area contributed by atoms with E-state index in [0.29, 0.717) is 32.4 Å². The smallest absolute Gasteiger partial charge is 0.423 e. The van der Waals surface area contributed by atoms with Gasteiger partial charge in [0.25, 0.3) is 11.8 Å². The molecule has 2 aliphatic carbocycles. The second-order valence-corrected chi connectivity index (χ2v) is 13.8. The quantitative estimate of drug-likeness (QED) is 0.233. The molecule has 0 unspecified atom stereocenters. The van der Waals surface area contributed by atoms with Crippen LogP contribution in [0.2, 0.25) is 10.0 Å². The molecule has 2 heterocycles. The summed E-state index contributed by atoms with van der Waals surface area (Å²) in [5.74, 6) is -7.19. The van der Waals surface area contributed by atoms with Crippen LogP contribution in [0.4, 0.5) is 10.5 Å². The van der Waals surface area contributed by atoms with Crippen LogP contribution in [0, 0.1) is 23.7 Å². The third-order valence-corrected chi connectivity index (χ3v) is 11.3. The summed E-state index contributed by atoms with van der Waals surface area (Å²) in [6.07, 6.45) is 0.763. The van der Waals surface area contributed by atoms with E-state index in [-0.39, 0.29) is 40.8 Å². The van der Waals surface area contributed by atoms with Gasteiger partial charge < -0.3 is 24.1 Å². The summed E-state index contributed by atoms with van der Waals surface area (Å²) in [6, 6.07) is 14.5. The molecule has 2 N–H and O–H groups in total. The van der Waals surface area contributed by atoms with E-state index in [2.05, 4.69) is 5.43 Å². The fourth-order valence-electron chi connectivity index (χ4n) is 8.57. The van der Waals surface area contributed by atoms with E-state index < -0.39 is 64.7 Å². The Balaban J connectivity index is 1.50. The number of nitrogens with one attached hydrogen (secondary N) is 1. The molecule has 0 spiro atoms. The maximum absolute atomic E-state index is 15.4. The van der Waals surface area contributed by atoms with Crippen LogP contribution in [-0.4, -0.2) is 73.2 Å². The predicted molar refractivity (Wildman–Crippen MR) is 186 cm³/mol. The van der Waals surface area contributed by atoms with Gasteiger partial charge in [-0.05, 0) is 72.4 Å². The SMILES string of the molecule is COC(=O)N1C(=O)[C@H]2[C@H](CC=C3[C@H]2C[C@H]2C(=O)N(Nc4ccc(Cl)cc4Cl)C(=O)[C@@]2(c2ccc(OC)cc2)[C@H]3c2cc(OC)c(O)c(OC)c2)C1=O. The highest BCUT2D eigenvalue weighted by atomic mass is 35.5. The van der Waals surface area contributed by atoms with E-state index in [9.17, 15) is 24.3 Å². The summed E-state index contributed by atoms with van der Waals surface area (Å²) >= 11 is 12.6. The lowest BCUT2D eigenvalue weighted by Gasteiger charge is -2.50. The Morgan fingerprint density at radius 1 is 0.865 bits per heavy atom. The summed E-state index contributed by atoms with van der Waals surface area (Å²) in [4.78, 5) is 71.0. The third kappa shape index (κ3) is 5.01. The van der Waals surface area contributed by atoms with E-state index >= 15 is 4.79 Å². The van der Waals surface area contributed by atoms with Crippen LogP contribution in [0.5, 0.6) is 23.0 Å². The zero-order valence-corrected chi connectivity index (χ0v) is 29.9. The van der Waals surface area contributed by atoms with Crippen molar-refractivity contribution in [3.63, 3.8) is 0 Å². The van der Waals surface area contributed by atoms with Crippen molar-refractivity contribution in [3.8, 4) is 23.0 Å². The molecule has 0 radical (unpaired) electrons. The molecule has 15 heteroatoms. The number of methoxy groups -OCH3 is 4. The normalized spacial score (nSPS) is 26.3. The number of aromatic hydroxyl groups is 1. The number of hydrazine groups is 1. The first-order chi connectivity index (χ1) is 24.9. The molecule has 0 aromatic heterocycles. The molecule has 0 bridgehead atoms. The molecule has 1 saturated carbocycles. The van der Waals surface area contributed by atoms with Gasteiger partial charge in [-0.25, -0.2) is 4.79 Å². The second-order valence-electron chi connectivity index (χ2n) is 13.0. The summed E-state index contributed by atoms with van der Waals surface area (Å²) in [5.41, 5.74) is 2.98. The number of ether oxygens (including phenoxy) is 4. The van der Waals surface area contributed by atoms with Crippen LogP contribution in [-0.2, 0) is 29.3 Å². The minimum atomic E-state index is -1.68. The van der Waals surface area contributed by atoms with E-state index in [1.165, 1.54) is 33.5 Å². The fourth-order valence-corrected chi connectivity index (χ4v) is 9.02. The Bertz CT molecular complexity index is 2050. The van der Waals surface area contributed by atoms with Gasteiger partial charge in [-0.15, -0.1) is 0 Å². The number of carbonyl (C=O) groups excluding carboxylic acids is 5. The molecule has 13 nitrogen and oxygen atoms in total. The fraction of sp³-hybridized carbons (Fsp3) is 0.324. The number of allylic oxidation sites excluding steroid dienone is 2. The molecular weight excluding hydrogens is 717 g/mol. The highest BCUT2D eigenvalue weighted by Gasteiger charge is 2.70. The third-order valence-electron chi connectivity index (χ3n) is 10.8. The number of halogens is 2. The van der Waals surface area contributed by atoms with Gasteiger partial charge in [-0.2, -0.15) is 9.91 Å². The van der Waals surface area contributed by atoms with E-state index in [4.69, 9.17) is 42.1 Å². The summed E-state index contributed by atoms with van der Waals surface area (Å²) in [5, 5.41) is 12.4. The lowest BCUT2D eigenvalue weighted by molar-refractivity contribution is -0.140. The molecule has 6 atom stereocenters. The van der Waals surface area contributed by atoms with Crippen molar-refractivity contribution >= 4 is 58.6 Å². The van der Waals surface area contributed by atoms with Gasteiger partial charge in [0, 0.05) is 10.9 Å². The average molecular weight is 751 g/mol. The largest absolute Gasteiger partial charge is 0.502 e. The number of hydrogen-bond donors (Lipinski definition) is 2. The number of amides is 5. The number of rotatable bonds is 7. The van der Waals surface area contributed by atoms with Crippen LogP contribution in [0.1, 0.15) is 29.9 Å². The zero-order valence-electron chi connectivity index (χ0n) is 28.3. The molecular formula is C37H33Cl2N3O10. The summed E-state index contributed by atoms with van der Waals surface area (Å²) in [6.45, 7) is 0. The lowest BCUT2D eigenvalue weighted by Crippen LogP contribution is -2.53. The molecule has 3 aromatic rings. The van der Waals surface area contributed by atoms with Crippen molar-refractivity contribution in [3.05, 3.63) is 87.4 Å². The number of fused-ring (bicyclic) bond motifs is 4. The number of nitrogens with zero attached hydrogens (tertiary/aromatic N) is 2. The maximum Gasteiger partial charge on any atom is 0.423 e. The summed E-state index contributed by atoms with van der Waals surface area (Å²) in [7, 11) is 5.32. The first-order valence-corrected chi connectivity index (χ1v) is 17.0. The van der Waals surface area contributed by atoms with Gasteiger partial charge >= 0.3 is 6.09 Å². The molecule has 52 heavy (non-hydrogen) atoms. The lowest BCUT2D eigenvalue weighted by atomic mass is 9.49. The van der Waals surface area contributed by atoms with Gasteiger partial charge in [-0.3, -0.25) is 24.6 Å². The predicted octanol–water partition coefficient (Wildman–Crippen LogP) is 5.48. The van der Waals surface area contributed by atoms with Crippen molar-refractivity contribution in [2.75, 3.05) is 33.9 Å². The molecule has 5 amide bonds. The first kappa shape index (κ1) is 35.1. The Kier molecular flexibility index (Phi) is 8.82. The zero-order chi connectivity index (χ0) is 37.2. The Morgan fingerprint density at radius 3 is 2.13 bits per heavy atom. The van der Waals surface area contributed by atoms with Crippen LogP contribution >= 0.6 is 23.2 Å². The molecule has 2 aliphatic heterocycles. The van der Waals surface area contributed by atoms with Gasteiger partial charge in [0.15, 0.2) is 11.5 Å². The molecule has 2 saturated heterocycles. The molecule has 4 aliphatic rings. The Labute approximate surface area is 307 Å². The van der Waals surface area contributed by atoms with Crippen LogP contribution < -0.4 is 19.6 Å². The molecule has 3 fully saturated rings. The average Bonchev–Trinajstić information content (AvgIpc) is 3.53. The Hall–Kier alpha value is -5.27. The minimum absolute atomic E-state index is 0.0347. The van der Waals surface area contributed by atoms with E-state index in [0.717, 1.165) is 12.1 Å². The molecule has 7 rings (SSSR count). The van der Waals surface area contributed by atoms with Gasteiger partial charge in [0.2, 0.25) is 17.6 Å². The van der Waals surface area contributed by atoms with Crippen molar-refractivity contribution in [2.45, 2.75) is 24.2 Å². The minimum Gasteiger partial charge on any atom is -0.502 e. The van der Waals surface area contributed by atoms with Crippen LogP contribution in [0.25, 0.3) is 0 Å². The number of imide groups is 4. The van der Waals surface area contributed by atoms with Crippen molar-refractivity contribution < 1.29 is 48.0 Å². The highest BCUT2D eigenvalue weighted by Crippen LogP contribution is 2.65. The van der Waals surface area contributed by atoms with Crippen molar-refractivity contribution in [2.24, 2.45) is 23.7 Å². The number of benzene rings is 3. The number of hydrogen-bond acceptors (Lipinski definition) is 11. The molecule has 270 valence electrons. The monoisotopic (exact) mass is 749 g/mol. The van der Waals surface area contributed by atoms with Gasteiger partial charge in [0.05, 0.1) is 62.3 Å². The number of phenols is 1. The number of anilines is 1. The van der Waals surface area contributed by atoms with E-state index in [1.807, 2.05) is 6.08 Å². The topological polar surface area (TPSA) is 161 Å². The number of carbonyl (C=O) groups is 5. The standard InChI is InChI=1S/C37H33Cl2N3O10/c1-49-20-8-5-18(6-9-20)37-24(33(45)42(35(37)47)40-26-12-7-19(38)15-25(26)39)16-23-21(30(37)17-13-27(50-2)31(43)28(14-17)51-3)10-11-22-29(23)34(46)41(32(22)44)36(48)52-4/h5-10,12-15,22-24,29-30,40,43H,11,16H2,1-4H3/t22-,23+,24-,29-,30-,37+/m0/s1. The van der Waals surface area contributed by atoms with E-state index in [1.54, 1.807) is 42.5 Å². The van der Waals surface area contributed by atoms with Crippen molar-refractivity contribution in [1.82, 2.24) is 9.91 Å². The number of phenolic OH excluding ortho intramolecular Hbond substituents is 1. The Morgan fingerprint density at radius 2 is 1.54 bits per heavy atom. The first-order valence-electron chi connectivity index (χ1n) is 16.3. The highest BCUT2D eigenvalue weighted by molar-refractivity contribution is 6.36. The van der Waals surface area contributed by atoms with Gasteiger partial charge in [-0.1, -0.05) is 47.0 Å². The van der Waals surface area contributed by atoms with Crippen LogP contribution in [0.15, 0.2) is 66.2 Å².